The number of amides is 3. The van der Waals surface area contributed by atoms with Crippen LogP contribution in [0.3, 0.4) is 0 Å². The van der Waals surface area contributed by atoms with E-state index in [1.807, 2.05) is 6.07 Å². The molecule has 9 heteroatoms. The molecule has 1 fully saturated rings. The summed E-state index contributed by atoms with van der Waals surface area (Å²) < 4.78 is 6.47. The number of carbonyl (C=O) groups excluding carboxylic acids is 4. The monoisotopic (exact) mass is 524 g/mol. The number of benzene rings is 2. The molecule has 2 heterocycles. The highest BCUT2D eigenvalue weighted by Crippen LogP contribution is 2.33. The zero-order valence-electron chi connectivity index (χ0n) is 17.3. The largest absolute Gasteiger partial charge is 0.457 e. The van der Waals surface area contributed by atoms with E-state index in [0.29, 0.717) is 27.2 Å². The number of hydrogen-bond acceptors (Lipinski definition) is 6. The number of nitrogens with one attached hydrogen (secondary N) is 1. The summed E-state index contributed by atoms with van der Waals surface area (Å²) in [7, 11) is 0. The van der Waals surface area contributed by atoms with Crippen LogP contribution in [0.4, 0.5) is 10.5 Å². The molecule has 0 aliphatic carbocycles. The SMILES string of the molecule is CC(=O)c1ccc(-c2ccc(/C=C3/SC(=O)N(CC(=O)Nc4ccccc4Br)C3=O)o2)cc1. The van der Waals surface area contributed by atoms with Crippen LogP contribution in [0.2, 0.25) is 0 Å². The van der Waals surface area contributed by atoms with Gasteiger partial charge in [-0.25, -0.2) is 0 Å². The van der Waals surface area contributed by atoms with Gasteiger partial charge in [-0.15, -0.1) is 0 Å². The van der Waals surface area contributed by atoms with Crippen molar-refractivity contribution < 1.29 is 23.6 Å². The Balaban J connectivity index is 1.45. The number of ketones is 1. The fraction of sp³-hybridized carbons (Fsp3) is 0.0833. The van der Waals surface area contributed by atoms with E-state index >= 15 is 0 Å². The molecular weight excluding hydrogens is 508 g/mol. The van der Waals surface area contributed by atoms with Gasteiger partial charge in [0, 0.05) is 21.7 Å². The maximum Gasteiger partial charge on any atom is 0.294 e. The molecule has 1 N–H and O–H groups in total. The molecule has 0 unspecified atom stereocenters. The van der Waals surface area contributed by atoms with Crippen LogP contribution in [-0.4, -0.2) is 34.3 Å². The van der Waals surface area contributed by atoms with Crippen molar-refractivity contribution in [2.24, 2.45) is 0 Å². The van der Waals surface area contributed by atoms with Crippen molar-refractivity contribution in [3.63, 3.8) is 0 Å². The zero-order valence-corrected chi connectivity index (χ0v) is 19.7. The smallest absolute Gasteiger partial charge is 0.294 e. The van der Waals surface area contributed by atoms with Gasteiger partial charge in [-0.2, -0.15) is 0 Å². The zero-order chi connectivity index (χ0) is 23.5. The van der Waals surface area contributed by atoms with Crippen LogP contribution in [0.15, 0.2) is 74.5 Å². The Morgan fingerprint density at radius 1 is 1.06 bits per heavy atom. The lowest BCUT2D eigenvalue weighted by Crippen LogP contribution is -2.36. The van der Waals surface area contributed by atoms with E-state index in [4.69, 9.17) is 4.42 Å². The molecule has 166 valence electrons. The van der Waals surface area contributed by atoms with Gasteiger partial charge in [0.1, 0.15) is 18.1 Å². The Labute approximate surface area is 202 Å². The van der Waals surface area contributed by atoms with Crippen LogP contribution in [-0.2, 0) is 9.59 Å². The molecule has 0 radical (unpaired) electrons. The average molecular weight is 525 g/mol. The number of Topliss-reactive ketones (excluding diaryl/α,β-unsaturated/α-hetero) is 1. The van der Waals surface area contributed by atoms with Crippen LogP contribution >= 0.6 is 27.7 Å². The Kier molecular flexibility index (Phi) is 6.62. The Morgan fingerprint density at radius 3 is 2.48 bits per heavy atom. The van der Waals surface area contributed by atoms with Gasteiger partial charge in [0.25, 0.3) is 11.1 Å². The van der Waals surface area contributed by atoms with Gasteiger partial charge in [-0.1, -0.05) is 36.4 Å². The summed E-state index contributed by atoms with van der Waals surface area (Å²) in [6, 6.07) is 17.4. The normalized spacial score (nSPS) is 14.7. The van der Waals surface area contributed by atoms with Crippen LogP contribution in [0.5, 0.6) is 0 Å². The number of carbonyl (C=O) groups is 4. The Bertz CT molecular complexity index is 1300. The lowest BCUT2D eigenvalue weighted by molar-refractivity contribution is -0.127. The summed E-state index contributed by atoms with van der Waals surface area (Å²) >= 11 is 4.09. The van der Waals surface area contributed by atoms with Gasteiger partial charge in [0.05, 0.1) is 10.6 Å². The lowest BCUT2D eigenvalue weighted by Gasteiger charge is -2.13. The van der Waals surface area contributed by atoms with Crippen LogP contribution in [0.1, 0.15) is 23.0 Å². The standard InChI is InChI=1S/C24H17BrN2O5S/c1-14(28)15-6-8-16(9-7-15)20-11-10-17(32-20)12-21-23(30)27(24(31)33-21)13-22(29)26-19-5-3-2-4-18(19)25/h2-12H,13H2,1H3,(H,26,29)/b21-12+. The van der Waals surface area contributed by atoms with Gasteiger partial charge in [-0.3, -0.25) is 24.1 Å². The molecule has 3 aromatic rings. The van der Waals surface area contributed by atoms with Crippen molar-refractivity contribution >= 4 is 62.3 Å². The summed E-state index contributed by atoms with van der Waals surface area (Å²) in [6.07, 6.45) is 1.48. The number of hydrogen-bond donors (Lipinski definition) is 1. The fourth-order valence-corrected chi connectivity index (χ4v) is 4.32. The number of rotatable bonds is 6. The molecule has 0 atom stereocenters. The van der Waals surface area contributed by atoms with E-state index < -0.39 is 23.6 Å². The van der Waals surface area contributed by atoms with Crippen LogP contribution < -0.4 is 5.32 Å². The van der Waals surface area contributed by atoms with Crippen molar-refractivity contribution in [2.75, 3.05) is 11.9 Å². The number of imide groups is 1. The minimum Gasteiger partial charge on any atom is -0.457 e. The van der Waals surface area contributed by atoms with Gasteiger partial charge in [0.15, 0.2) is 5.78 Å². The van der Waals surface area contributed by atoms with Crippen LogP contribution in [0.25, 0.3) is 17.4 Å². The molecule has 0 spiro atoms. The maximum absolute atomic E-state index is 12.7. The first kappa shape index (κ1) is 22.8. The second kappa shape index (κ2) is 9.60. The first-order chi connectivity index (χ1) is 15.8. The van der Waals surface area contributed by atoms with Crippen molar-refractivity contribution in [1.29, 1.82) is 0 Å². The highest BCUT2D eigenvalue weighted by molar-refractivity contribution is 9.10. The Morgan fingerprint density at radius 2 is 1.79 bits per heavy atom. The topological polar surface area (TPSA) is 96.7 Å². The first-order valence-corrected chi connectivity index (χ1v) is 11.4. The molecule has 0 bridgehead atoms. The quantitative estimate of drug-likeness (QED) is 0.333. The minimum atomic E-state index is -0.559. The summed E-state index contributed by atoms with van der Waals surface area (Å²) in [6.45, 7) is 1.10. The van der Waals surface area contributed by atoms with E-state index in [2.05, 4.69) is 21.2 Å². The lowest BCUT2D eigenvalue weighted by atomic mass is 10.1. The van der Waals surface area contributed by atoms with E-state index in [1.54, 1.807) is 54.6 Å². The molecule has 2 aromatic carbocycles. The Hall–Kier alpha value is -3.43. The summed E-state index contributed by atoms with van der Waals surface area (Å²) in [5.41, 5.74) is 1.92. The minimum absolute atomic E-state index is 0.0255. The van der Waals surface area contributed by atoms with Crippen molar-refractivity contribution in [2.45, 2.75) is 6.92 Å². The maximum atomic E-state index is 12.7. The predicted octanol–water partition coefficient (Wildman–Crippen LogP) is 5.59. The number of furan rings is 1. The van der Waals surface area contributed by atoms with E-state index in [9.17, 15) is 19.2 Å². The van der Waals surface area contributed by atoms with E-state index in [-0.39, 0.29) is 10.7 Å². The molecule has 3 amide bonds. The van der Waals surface area contributed by atoms with Crippen molar-refractivity contribution in [3.8, 4) is 11.3 Å². The molecule has 1 aliphatic heterocycles. The molecule has 7 nitrogen and oxygen atoms in total. The third kappa shape index (κ3) is 5.15. The van der Waals surface area contributed by atoms with Crippen LogP contribution in [0, 0.1) is 0 Å². The summed E-state index contributed by atoms with van der Waals surface area (Å²) in [5, 5.41) is 2.15. The molecule has 1 aliphatic rings. The average Bonchev–Trinajstić information content (AvgIpc) is 3.36. The molecule has 0 saturated carbocycles. The van der Waals surface area contributed by atoms with Crippen molar-refractivity contribution in [1.82, 2.24) is 4.90 Å². The second-order valence-electron chi connectivity index (χ2n) is 7.13. The molecule has 33 heavy (non-hydrogen) atoms. The van der Waals surface area contributed by atoms with Gasteiger partial charge in [0.2, 0.25) is 5.91 Å². The number of thioether (sulfide) groups is 1. The predicted molar refractivity (Wildman–Crippen MR) is 130 cm³/mol. The van der Waals surface area contributed by atoms with E-state index in [0.717, 1.165) is 22.2 Å². The number of nitrogens with zero attached hydrogens (tertiary/aromatic N) is 1. The molecule has 1 aromatic heterocycles. The molecule has 1 saturated heterocycles. The number of anilines is 1. The third-order valence-electron chi connectivity index (χ3n) is 4.80. The fourth-order valence-electron chi connectivity index (χ4n) is 3.12. The number of para-hydroxylation sites is 1. The van der Waals surface area contributed by atoms with Gasteiger partial charge < -0.3 is 9.73 Å². The van der Waals surface area contributed by atoms with Gasteiger partial charge >= 0.3 is 0 Å². The second-order valence-corrected chi connectivity index (χ2v) is 8.98. The highest BCUT2D eigenvalue weighted by Gasteiger charge is 2.36. The molecular formula is C24H17BrN2O5S. The van der Waals surface area contributed by atoms with E-state index in [1.165, 1.54) is 13.0 Å². The van der Waals surface area contributed by atoms with Gasteiger partial charge in [-0.05, 0) is 58.9 Å². The van der Waals surface area contributed by atoms with Crippen molar-refractivity contribution in [3.05, 3.63) is 81.4 Å². The highest BCUT2D eigenvalue weighted by atomic mass is 79.9. The summed E-state index contributed by atoms with van der Waals surface area (Å²) in [4.78, 5) is 49.9. The third-order valence-corrected chi connectivity index (χ3v) is 6.40. The number of halogens is 1. The summed E-state index contributed by atoms with van der Waals surface area (Å²) in [5.74, 6) is -0.120. The molecule has 4 rings (SSSR count). The first-order valence-electron chi connectivity index (χ1n) is 9.83.